The van der Waals surface area contributed by atoms with E-state index in [9.17, 15) is 0 Å². The highest BCUT2D eigenvalue weighted by Crippen LogP contribution is 2.55. The van der Waals surface area contributed by atoms with Gasteiger partial charge in [-0.15, -0.1) is 0 Å². The second-order valence-electron chi connectivity index (χ2n) is 10.3. The first kappa shape index (κ1) is 27.2. The van der Waals surface area contributed by atoms with Crippen molar-refractivity contribution in [2.45, 2.75) is 40.5 Å². The lowest BCUT2D eigenvalue weighted by Gasteiger charge is -2.36. The summed E-state index contributed by atoms with van der Waals surface area (Å²) in [6.45, 7) is 9.38. The van der Waals surface area contributed by atoms with Crippen LogP contribution in [0.1, 0.15) is 40.5 Å². The SMILES string of the molecule is CC(C=CC1C(C)=CCCC1(C)C)=CC[P+](c1ccccc1)(c1ccccc1)c1ccccc1.[Cl-]. The quantitative estimate of drug-likeness (QED) is 0.247. The van der Waals surface area contributed by atoms with E-state index in [2.05, 4.69) is 143 Å². The molecule has 0 aliphatic heterocycles. The molecule has 0 nitrogen and oxygen atoms in total. The third kappa shape index (κ3) is 6.06. The summed E-state index contributed by atoms with van der Waals surface area (Å²) in [5, 5.41) is 4.31. The van der Waals surface area contributed by atoms with E-state index in [1.54, 1.807) is 0 Å². The van der Waals surface area contributed by atoms with Gasteiger partial charge in [0.2, 0.25) is 0 Å². The highest BCUT2D eigenvalue weighted by atomic mass is 35.5. The molecule has 0 aromatic heterocycles. The van der Waals surface area contributed by atoms with Gasteiger partial charge in [-0.3, -0.25) is 0 Å². The summed E-state index contributed by atoms with van der Waals surface area (Å²) in [6.07, 6.45) is 13.2. The predicted octanol–water partition coefficient (Wildman–Crippen LogP) is 4.87. The van der Waals surface area contributed by atoms with Gasteiger partial charge in [0, 0.05) is 5.92 Å². The Morgan fingerprint density at radius 2 is 1.29 bits per heavy atom. The molecule has 0 fully saturated rings. The average Bonchev–Trinajstić information content (AvgIpc) is 2.86. The van der Waals surface area contributed by atoms with E-state index in [1.807, 2.05) is 0 Å². The summed E-state index contributed by atoms with van der Waals surface area (Å²) < 4.78 is 0. The maximum absolute atomic E-state index is 2.48. The van der Waals surface area contributed by atoms with Crippen LogP contribution in [0.4, 0.5) is 0 Å². The van der Waals surface area contributed by atoms with Crippen LogP contribution in [0.5, 0.6) is 0 Å². The Labute approximate surface area is 219 Å². The number of hydrogen-bond acceptors (Lipinski definition) is 0. The Morgan fingerprint density at radius 3 is 1.71 bits per heavy atom. The third-order valence-corrected chi connectivity index (χ3v) is 11.7. The van der Waals surface area contributed by atoms with E-state index in [0.717, 1.165) is 6.16 Å². The molecule has 1 aliphatic carbocycles. The molecule has 0 N–H and O–H groups in total. The second kappa shape index (κ2) is 12.0. The first-order valence-electron chi connectivity index (χ1n) is 12.5. The number of hydrogen-bond donors (Lipinski definition) is 0. The van der Waals surface area contributed by atoms with Gasteiger partial charge in [-0.2, -0.15) is 0 Å². The first-order valence-corrected chi connectivity index (χ1v) is 14.5. The normalized spacial score (nSPS) is 18.1. The highest BCUT2D eigenvalue weighted by Gasteiger charge is 2.44. The van der Waals surface area contributed by atoms with E-state index in [0.29, 0.717) is 11.3 Å². The van der Waals surface area contributed by atoms with Gasteiger partial charge < -0.3 is 12.4 Å². The lowest BCUT2D eigenvalue weighted by Crippen LogP contribution is -3.00. The van der Waals surface area contributed by atoms with Gasteiger partial charge in [0.1, 0.15) is 23.2 Å². The molecule has 3 aromatic rings. The zero-order chi connectivity index (χ0) is 24.0. The highest BCUT2D eigenvalue weighted by molar-refractivity contribution is 7.95. The molecule has 3 aromatic carbocycles. The Hall–Kier alpha value is -2.40. The van der Waals surface area contributed by atoms with Crippen molar-refractivity contribution in [3.63, 3.8) is 0 Å². The maximum atomic E-state index is 2.48. The van der Waals surface area contributed by atoms with Crippen LogP contribution in [0.2, 0.25) is 0 Å². The molecule has 2 heteroatoms. The lowest BCUT2D eigenvalue weighted by molar-refractivity contribution is -0.00000747. The molecule has 4 rings (SSSR count). The van der Waals surface area contributed by atoms with E-state index < -0.39 is 7.26 Å². The Kier molecular flexibility index (Phi) is 9.34. The first-order chi connectivity index (χ1) is 16.4. The molecular weight excluding hydrogens is 463 g/mol. The predicted molar refractivity (Wildman–Crippen MR) is 153 cm³/mol. The number of halogens is 1. The van der Waals surface area contributed by atoms with Crippen LogP contribution >= 0.6 is 7.26 Å². The zero-order valence-electron chi connectivity index (χ0n) is 21.5. The van der Waals surface area contributed by atoms with Crippen LogP contribution in [0.15, 0.2) is 126 Å². The Morgan fingerprint density at radius 1 is 0.829 bits per heavy atom. The molecule has 1 aliphatic rings. The van der Waals surface area contributed by atoms with Crippen molar-refractivity contribution < 1.29 is 12.4 Å². The molecule has 0 spiro atoms. The maximum Gasteiger partial charge on any atom is 0.115 e. The largest absolute Gasteiger partial charge is 1.00 e. The van der Waals surface area contributed by atoms with E-state index in [1.165, 1.54) is 39.9 Å². The second-order valence-corrected chi connectivity index (χ2v) is 13.8. The molecule has 0 amide bonds. The van der Waals surface area contributed by atoms with Crippen LogP contribution in [-0.2, 0) is 0 Å². The molecule has 0 radical (unpaired) electrons. The summed E-state index contributed by atoms with van der Waals surface area (Å²) >= 11 is 0. The summed E-state index contributed by atoms with van der Waals surface area (Å²) in [4.78, 5) is 0. The molecular formula is C33H38ClP. The molecule has 0 bridgehead atoms. The minimum atomic E-state index is -1.82. The molecule has 0 saturated carbocycles. The van der Waals surface area contributed by atoms with Crippen molar-refractivity contribution in [1.82, 2.24) is 0 Å². The molecule has 182 valence electrons. The molecule has 0 saturated heterocycles. The van der Waals surface area contributed by atoms with Gasteiger partial charge in [0.15, 0.2) is 0 Å². The van der Waals surface area contributed by atoms with Crippen molar-refractivity contribution >= 4 is 23.2 Å². The third-order valence-electron chi connectivity index (χ3n) is 7.42. The monoisotopic (exact) mass is 500 g/mol. The molecule has 0 heterocycles. The van der Waals surface area contributed by atoms with Gasteiger partial charge in [-0.1, -0.05) is 97.8 Å². The summed E-state index contributed by atoms with van der Waals surface area (Å²) in [6, 6.07) is 33.4. The van der Waals surface area contributed by atoms with Crippen molar-refractivity contribution in [2.24, 2.45) is 11.3 Å². The summed E-state index contributed by atoms with van der Waals surface area (Å²) in [5.41, 5.74) is 3.19. The van der Waals surface area contributed by atoms with Crippen LogP contribution in [0.25, 0.3) is 0 Å². The topological polar surface area (TPSA) is 0 Å². The number of benzene rings is 3. The standard InChI is InChI=1S/C33H38P.ClH/c1-27(22-23-32-28(2)15-14-25-33(32,3)4)24-26-34(29-16-8-5-9-17-29,30-18-10-6-11-19-30)31-20-12-7-13-21-31;/h5-13,15-24,32H,14,25-26H2,1-4H3;1H/q+1;/p-1. The lowest BCUT2D eigenvalue weighted by atomic mass is 9.68. The summed E-state index contributed by atoms with van der Waals surface area (Å²) in [5.74, 6) is 0.515. The Bertz CT molecular complexity index is 1060. The van der Waals surface area contributed by atoms with E-state index >= 15 is 0 Å². The smallest absolute Gasteiger partial charge is 0.115 e. The zero-order valence-corrected chi connectivity index (χ0v) is 23.1. The minimum absolute atomic E-state index is 0. The van der Waals surface area contributed by atoms with Crippen molar-refractivity contribution in [1.29, 1.82) is 0 Å². The van der Waals surface area contributed by atoms with Gasteiger partial charge >= 0.3 is 0 Å². The fourth-order valence-electron chi connectivity index (χ4n) is 5.39. The van der Waals surface area contributed by atoms with Crippen molar-refractivity contribution in [3.05, 3.63) is 126 Å². The van der Waals surface area contributed by atoms with Gasteiger partial charge in [0.25, 0.3) is 0 Å². The fourth-order valence-corrected chi connectivity index (χ4v) is 9.52. The van der Waals surface area contributed by atoms with Crippen molar-refractivity contribution in [3.8, 4) is 0 Å². The summed E-state index contributed by atoms with van der Waals surface area (Å²) in [7, 11) is -1.82. The molecule has 1 atom stereocenters. The van der Waals surface area contributed by atoms with Gasteiger partial charge in [-0.25, -0.2) is 0 Å². The fraction of sp³-hybridized carbons (Fsp3) is 0.273. The number of allylic oxidation sites excluding steroid dienone is 6. The van der Waals surface area contributed by atoms with E-state index in [4.69, 9.17) is 0 Å². The van der Waals surface area contributed by atoms with Gasteiger partial charge in [-0.05, 0) is 74.6 Å². The van der Waals surface area contributed by atoms with Crippen LogP contribution in [0.3, 0.4) is 0 Å². The van der Waals surface area contributed by atoms with E-state index in [-0.39, 0.29) is 12.4 Å². The van der Waals surface area contributed by atoms with Crippen LogP contribution in [-0.4, -0.2) is 6.16 Å². The van der Waals surface area contributed by atoms with Crippen LogP contribution < -0.4 is 28.3 Å². The average molecular weight is 501 g/mol. The van der Waals surface area contributed by atoms with Crippen LogP contribution in [0, 0.1) is 11.3 Å². The minimum Gasteiger partial charge on any atom is -1.00 e. The molecule has 1 unspecified atom stereocenters. The molecule has 35 heavy (non-hydrogen) atoms. The number of rotatable bonds is 7. The Balaban J connectivity index is 0.00000342. The van der Waals surface area contributed by atoms with Gasteiger partial charge in [0.05, 0.1) is 6.16 Å². The van der Waals surface area contributed by atoms with Crippen molar-refractivity contribution in [2.75, 3.05) is 6.16 Å².